The van der Waals surface area contributed by atoms with E-state index in [9.17, 15) is 20.0 Å². The molecule has 2 rings (SSSR count). The molecule has 2 aromatic carbocycles. The SMILES string of the molecule is N[C@@H](Cc1cc(I)c(Oc2cc(I)c(O)c([N+](=O)[O-])c2)c(I)c1)C(=O)O. The van der Waals surface area contributed by atoms with Gasteiger partial charge in [-0.25, -0.2) is 0 Å². The van der Waals surface area contributed by atoms with Gasteiger partial charge in [-0.3, -0.25) is 14.9 Å². The number of aromatic hydroxyl groups is 1. The third kappa shape index (κ3) is 5.07. The highest BCUT2D eigenvalue weighted by molar-refractivity contribution is 14.1. The largest absolute Gasteiger partial charge is 0.501 e. The molecular weight excluding hydrogens is 685 g/mol. The van der Waals surface area contributed by atoms with E-state index in [0.29, 0.717) is 16.5 Å². The Morgan fingerprint density at radius 1 is 1.19 bits per heavy atom. The standard InChI is InChI=1S/C15H11I3N2O6/c16-8-4-7(5-12(13(8)21)20(24)25)26-14-9(17)1-6(2-10(14)18)3-11(19)15(22)23/h1-2,4-5,11,21H,3,19H2,(H,22,23)/t11-/m0/s1. The lowest BCUT2D eigenvalue weighted by Gasteiger charge is -2.14. The van der Waals surface area contributed by atoms with Gasteiger partial charge in [0.1, 0.15) is 11.8 Å². The van der Waals surface area contributed by atoms with Crippen molar-refractivity contribution in [2.45, 2.75) is 12.5 Å². The van der Waals surface area contributed by atoms with Crippen LogP contribution in [-0.4, -0.2) is 27.1 Å². The molecule has 0 fully saturated rings. The zero-order valence-corrected chi connectivity index (χ0v) is 19.3. The summed E-state index contributed by atoms with van der Waals surface area (Å²) >= 11 is 5.86. The number of ether oxygens (including phenoxy) is 1. The maximum absolute atomic E-state index is 11.0. The number of nitrogens with two attached hydrogens (primary N) is 1. The van der Waals surface area contributed by atoms with E-state index in [2.05, 4.69) is 0 Å². The van der Waals surface area contributed by atoms with Crippen molar-refractivity contribution in [1.29, 1.82) is 0 Å². The summed E-state index contributed by atoms with van der Waals surface area (Å²) in [7, 11) is 0. The van der Waals surface area contributed by atoms with E-state index < -0.39 is 28.4 Å². The number of nitrogens with zero attached hydrogens (tertiary/aromatic N) is 1. The van der Waals surface area contributed by atoms with Gasteiger partial charge in [0.05, 0.1) is 21.7 Å². The molecule has 0 aromatic heterocycles. The number of benzene rings is 2. The highest BCUT2D eigenvalue weighted by atomic mass is 127. The first-order chi connectivity index (χ1) is 12.1. The van der Waals surface area contributed by atoms with Crippen molar-refractivity contribution in [1.82, 2.24) is 0 Å². The van der Waals surface area contributed by atoms with Gasteiger partial charge in [-0.2, -0.15) is 0 Å². The maximum atomic E-state index is 11.0. The number of hydrogen-bond acceptors (Lipinski definition) is 6. The fraction of sp³-hybridized carbons (Fsp3) is 0.133. The summed E-state index contributed by atoms with van der Waals surface area (Å²) in [6, 6.07) is 5.14. The van der Waals surface area contributed by atoms with Crippen molar-refractivity contribution in [3.8, 4) is 17.2 Å². The molecule has 11 heteroatoms. The van der Waals surface area contributed by atoms with Gasteiger partial charge in [-0.15, -0.1) is 0 Å². The first-order valence-electron chi connectivity index (χ1n) is 6.91. The fourth-order valence-electron chi connectivity index (χ4n) is 2.05. The van der Waals surface area contributed by atoms with Gasteiger partial charge in [0.2, 0.25) is 5.75 Å². The van der Waals surface area contributed by atoms with Crippen molar-refractivity contribution in [3.63, 3.8) is 0 Å². The molecule has 0 bridgehead atoms. The molecule has 0 saturated carbocycles. The fourth-order valence-corrected chi connectivity index (χ4v) is 4.75. The van der Waals surface area contributed by atoms with Gasteiger partial charge in [-0.05, 0) is 98.0 Å². The number of carbonyl (C=O) groups is 1. The molecule has 0 heterocycles. The molecule has 4 N–H and O–H groups in total. The number of rotatable bonds is 6. The summed E-state index contributed by atoms with van der Waals surface area (Å²) in [4.78, 5) is 21.3. The van der Waals surface area contributed by atoms with Crippen LogP contribution in [0.15, 0.2) is 24.3 Å². The Labute approximate surface area is 188 Å². The van der Waals surface area contributed by atoms with Crippen molar-refractivity contribution in [3.05, 3.63) is 50.7 Å². The Morgan fingerprint density at radius 3 is 2.27 bits per heavy atom. The van der Waals surface area contributed by atoms with Crippen molar-refractivity contribution in [2.75, 3.05) is 0 Å². The van der Waals surface area contributed by atoms with Crippen molar-refractivity contribution >= 4 is 79.4 Å². The average molecular weight is 696 g/mol. The van der Waals surface area contributed by atoms with Crippen LogP contribution in [-0.2, 0) is 11.2 Å². The normalized spacial score (nSPS) is 11.8. The Hall–Kier alpha value is -0.940. The summed E-state index contributed by atoms with van der Waals surface area (Å²) in [5, 5.41) is 29.7. The van der Waals surface area contributed by atoms with Crippen molar-refractivity contribution < 1.29 is 24.7 Å². The second-order valence-corrected chi connectivity index (χ2v) is 8.66. The Morgan fingerprint density at radius 2 is 1.77 bits per heavy atom. The van der Waals surface area contributed by atoms with Gasteiger partial charge in [0, 0.05) is 0 Å². The molecule has 8 nitrogen and oxygen atoms in total. The summed E-state index contributed by atoms with van der Waals surface area (Å²) in [6.45, 7) is 0. The zero-order chi connectivity index (χ0) is 19.6. The molecule has 0 aliphatic carbocycles. The van der Waals surface area contributed by atoms with Crippen LogP contribution in [0, 0.1) is 20.8 Å². The number of aliphatic carboxylic acids is 1. The van der Waals surface area contributed by atoms with Gasteiger partial charge in [0.25, 0.3) is 0 Å². The molecule has 0 unspecified atom stereocenters. The number of phenols is 1. The number of nitro benzene ring substituents is 1. The van der Waals surface area contributed by atoms with Crippen LogP contribution in [0.5, 0.6) is 17.2 Å². The van der Waals surface area contributed by atoms with E-state index in [4.69, 9.17) is 15.6 Å². The molecule has 0 amide bonds. The van der Waals surface area contributed by atoms with E-state index >= 15 is 0 Å². The topological polar surface area (TPSA) is 136 Å². The van der Waals surface area contributed by atoms with E-state index in [1.807, 2.05) is 45.2 Å². The van der Waals surface area contributed by atoms with Crippen LogP contribution in [0.1, 0.15) is 5.56 Å². The predicted molar refractivity (Wildman–Crippen MR) is 119 cm³/mol. The molecule has 0 radical (unpaired) electrons. The second kappa shape index (κ2) is 8.83. The van der Waals surface area contributed by atoms with E-state index in [1.165, 1.54) is 6.07 Å². The summed E-state index contributed by atoms with van der Waals surface area (Å²) < 4.78 is 7.49. The number of halogens is 3. The van der Waals surface area contributed by atoms with Crippen LogP contribution in [0.25, 0.3) is 0 Å². The molecular formula is C15H11I3N2O6. The van der Waals surface area contributed by atoms with Crippen LogP contribution >= 0.6 is 67.8 Å². The number of carboxylic acids is 1. The second-order valence-electron chi connectivity index (χ2n) is 5.17. The smallest absolute Gasteiger partial charge is 0.320 e. The van der Waals surface area contributed by atoms with Gasteiger partial charge in [0.15, 0.2) is 5.75 Å². The molecule has 0 aliphatic rings. The predicted octanol–water partition coefficient (Wildman–Crippen LogP) is 3.86. The summed E-state index contributed by atoms with van der Waals surface area (Å²) in [5.74, 6) is -0.800. The minimum Gasteiger partial charge on any atom is -0.501 e. The van der Waals surface area contributed by atoms with Crippen LogP contribution in [0.2, 0.25) is 0 Å². The molecule has 0 spiro atoms. The zero-order valence-electron chi connectivity index (χ0n) is 12.8. The van der Waals surface area contributed by atoms with Gasteiger partial charge in [-0.1, -0.05) is 0 Å². The molecule has 138 valence electrons. The first kappa shape index (κ1) is 21.4. The minimum atomic E-state index is -1.08. The first-order valence-corrected chi connectivity index (χ1v) is 10.1. The molecule has 0 aliphatic heterocycles. The third-order valence-corrected chi connectivity index (χ3v) is 5.69. The van der Waals surface area contributed by atoms with Crippen LogP contribution < -0.4 is 10.5 Å². The monoisotopic (exact) mass is 696 g/mol. The lowest BCUT2D eigenvalue weighted by atomic mass is 10.1. The maximum Gasteiger partial charge on any atom is 0.320 e. The number of hydrogen-bond donors (Lipinski definition) is 3. The van der Waals surface area contributed by atoms with Crippen LogP contribution in [0.3, 0.4) is 0 Å². The number of nitro groups is 1. The van der Waals surface area contributed by atoms with E-state index in [1.54, 1.807) is 34.7 Å². The molecule has 26 heavy (non-hydrogen) atoms. The van der Waals surface area contributed by atoms with Gasteiger partial charge >= 0.3 is 11.7 Å². The molecule has 2 aromatic rings. The van der Waals surface area contributed by atoms with Crippen molar-refractivity contribution in [2.24, 2.45) is 5.73 Å². The average Bonchev–Trinajstić information content (AvgIpc) is 2.53. The highest BCUT2D eigenvalue weighted by Crippen LogP contribution is 2.39. The van der Waals surface area contributed by atoms with Crippen LogP contribution in [0.4, 0.5) is 5.69 Å². The number of phenolic OH excluding ortho intramolecular Hbond substituents is 1. The van der Waals surface area contributed by atoms with Gasteiger partial charge < -0.3 is 20.7 Å². The molecule has 1 atom stereocenters. The Kier molecular flexibility index (Phi) is 7.26. The third-order valence-electron chi connectivity index (χ3n) is 3.26. The van der Waals surface area contributed by atoms with E-state index in [-0.39, 0.29) is 12.2 Å². The molecule has 0 saturated heterocycles. The summed E-state index contributed by atoms with van der Waals surface area (Å²) in [6.07, 6.45) is 0.171. The highest BCUT2D eigenvalue weighted by Gasteiger charge is 2.20. The minimum absolute atomic E-state index is 0.171. The lowest BCUT2D eigenvalue weighted by molar-refractivity contribution is -0.386. The summed E-state index contributed by atoms with van der Waals surface area (Å²) in [5.41, 5.74) is 5.86. The Bertz CT molecular complexity index is 867. The lowest BCUT2D eigenvalue weighted by Crippen LogP contribution is -2.32. The number of carboxylic acid groups (broad SMARTS) is 1. The quantitative estimate of drug-likeness (QED) is 0.237. The Balaban J connectivity index is 2.36. The van der Waals surface area contributed by atoms with E-state index in [0.717, 1.165) is 11.6 Å².